The first-order valence-corrected chi connectivity index (χ1v) is 14.7. The fourth-order valence-corrected chi connectivity index (χ4v) is 6.60. The van der Waals surface area contributed by atoms with Crippen LogP contribution in [0.3, 0.4) is 0 Å². The number of fused-ring (bicyclic) bond motifs is 1. The maximum absolute atomic E-state index is 11.3. The number of likely N-dealkylation sites (tertiary alicyclic amines) is 1. The Kier molecular flexibility index (Phi) is 6.91. The average Bonchev–Trinajstić information content (AvgIpc) is 3.38. The summed E-state index contributed by atoms with van der Waals surface area (Å²) in [6, 6.07) is 24.8. The number of hydrogen-bond donors (Lipinski definition) is 2. The second-order valence-corrected chi connectivity index (χ2v) is 11.7. The summed E-state index contributed by atoms with van der Waals surface area (Å²) in [6.45, 7) is 3.19. The summed E-state index contributed by atoms with van der Waals surface area (Å²) in [4.78, 5) is 27.7. The third kappa shape index (κ3) is 5.03. The highest BCUT2D eigenvalue weighted by atomic mass is 16.4. The molecule has 2 aromatic carbocycles. The number of aliphatic carboxylic acids is 1. The summed E-state index contributed by atoms with van der Waals surface area (Å²) >= 11 is 0. The lowest BCUT2D eigenvalue weighted by Gasteiger charge is -2.42. The Balaban J connectivity index is 1.14. The first-order chi connectivity index (χ1) is 20.5. The van der Waals surface area contributed by atoms with Gasteiger partial charge in [0.1, 0.15) is 11.6 Å². The second-order valence-electron chi connectivity index (χ2n) is 11.7. The van der Waals surface area contributed by atoms with Gasteiger partial charge in [-0.25, -0.2) is 9.97 Å². The summed E-state index contributed by atoms with van der Waals surface area (Å²) < 4.78 is 2.17. The molecule has 1 saturated carbocycles. The van der Waals surface area contributed by atoms with Gasteiger partial charge >= 0.3 is 5.97 Å². The largest absolute Gasteiger partial charge is 0.481 e. The molecule has 0 unspecified atom stereocenters. The number of nitrogens with zero attached hydrogens (tertiary/aromatic N) is 5. The molecule has 2 fully saturated rings. The minimum absolute atomic E-state index is 0.145. The molecule has 0 atom stereocenters. The van der Waals surface area contributed by atoms with Crippen molar-refractivity contribution in [3.05, 3.63) is 90.8 Å². The van der Waals surface area contributed by atoms with Crippen LogP contribution in [0, 0.1) is 11.8 Å². The number of imidazole rings is 1. The van der Waals surface area contributed by atoms with Crippen molar-refractivity contribution in [3.8, 4) is 28.3 Å². The fourth-order valence-electron chi connectivity index (χ4n) is 6.60. The number of anilines is 1. The van der Waals surface area contributed by atoms with Gasteiger partial charge in [0.15, 0.2) is 0 Å². The highest BCUT2D eigenvalue weighted by molar-refractivity contribution is 5.88. The number of hydrogen-bond acceptors (Lipinski definition) is 6. The number of rotatable bonds is 7. The minimum atomic E-state index is -0.630. The van der Waals surface area contributed by atoms with Crippen LogP contribution in [0.4, 0.5) is 5.82 Å². The first kappa shape index (κ1) is 26.3. The topological polar surface area (TPSA) is 110 Å². The van der Waals surface area contributed by atoms with Gasteiger partial charge in [0.25, 0.3) is 0 Å². The maximum atomic E-state index is 11.3. The van der Waals surface area contributed by atoms with Crippen LogP contribution in [0.5, 0.6) is 0 Å². The van der Waals surface area contributed by atoms with Crippen molar-refractivity contribution >= 4 is 22.8 Å². The third-order valence-corrected chi connectivity index (χ3v) is 8.99. The quantitative estimate of drug-likeness (QED) is 0.251. The third-order valence-electron chi connectivity index (χ3n) is 8.99. The Morgan fingerprint density at radius 1 is 0.905 bits per heavy atom. The molecule has 3 N–H and O–H groups in total. The van der Waals surface area contributed by atoms with Crippen LogP contribution in [0.15, 0.2) is 85.2 Å². The summed E-state index contributed by atoms with van der Waals surface area (Å²) in [7, 11) is 0. The van der Waals surface area contributed by atoms with E-state index in [9.17, 15) is 9.90 Å². The van der Waals surface area contributed by atoms with E-state index in [1.807, 2.05) is 42.6 Å². The van der Waals surface area contributed by atoms with E-state index in [4.69, 9.17) is 10.7 Å². The van der Waals surface area contributed by atoms with Crippen molar-refractivity contribution in [1.29, 1.82) is 0 Å². The summed E-state index contributed by atoms with van der Waals surface area (Å²) in [5, 5.41) is 9.28. The number of pyridine rings is 2. The molecule has 7 rings (SSSR count). The fraction of sp³-hybridized carbons (Fsp3) is 0.294. The molecule has 3 aromatic heterocycles. The smallest absolute Gasteiger partial charge is 0.306 e. The van der Waals surface area contributed by atoms with Gasteiger partial charge in [-0.05, 0) is 85.7 Å². The predicted octanol–water partition coefficient (Wildman–Crippen LogP) is 6.02. The van der Waals surface area contributed by atoms with E-state index in [-0.39, 0.29) is 5.92 Å². The lowest BCUT2D eigenvalue weighted by atomic mass is 9.80. The predicted molar refractivity (Wildman–Crippen MR) is 164 cm³/mol. The van der Waals surface area contributed by atoms with Gasteiger partial charge in [0.2, 0.25) is 0 Å². The number of carboxylic acids is 1. The van der Waals surface area contributed by atoms with Crippen molar-refractivity contribution in [2.75, 3.05) is 25.4 Å². The van der Waals surface area contributed by atoms with Crippen molar-refractivity contribution in [2.45, 2.75) is 31.6 Å². The van der Waals surface area contributed by atoms with Gasteiger partial charge < -0.3 is 15.7 Å². The number of nitrogens with two attached hydrogens (primary N) is 1. The molecule has 1 aliphatic carbocycles. The molecule has 4 heterocycles. The molecular formula is C34H34N6O2. The van der Waals surface area contributed by atoms with Gasteiger partial charge in [0.05, 0.1) is 28.2 Å². The maximum Gasteiger partial charge on any atom is 0.306 e. The molecule has 0 amide bonds. The van der Waals surface area contributed by atoms with Crippen molar-refractivity contribution in [2.24, 2.45) is 11.8 Å². The number of carboxylic acid groups (broad SMARTS) is 1. The Morgan fingerprint density at radius 2 is 1.69 bits per heavy atom. The second kappa shape index (κ2) is 11.0. The molecule has 1 saturated heterocycles. The van der Waals surface area contributed by atoms with Crippen LogP contribution < -0.4 is 5.73 Å². The molecule has 8 heteroatoms. The molecule has 212 valence electrons. The van der Waals surface area contributed by atoms with E-state index in [1.54, 1.807) is 6.20 Å². The highest BCUT2D eigenvalue weighted by Gasteiger charge is 2.32. The summed E-state index contributed by atoms with van der Waals surface area (Å²) in [5.74, 6) is 1.56. The van der Waals surface area contributed by atoms with Crippen LogP contribution in [0.1, 0.15) is 37.2 Å². The molecular weight excluding hydrogens is 524 g/mol. The average molecular weight is 559 g/mol. The van der Waals surface area contributed by atoms with Gasteiger partial charge in [-0.2, -0.15) is 0 Å². The van der Waals surface area contributed by atoms with E-state index >= 15 is 0 Å². The highest BCUT2D eigenvalue weighted by Crippen LogP contribution is 2.36. The normalized spacial score (nSPS) is 19.5. The van der Waals surface area contributed by atoms with Crippen molar-refractivity contribution < 1.29 is 9.90 Å². The Morgan fingerprint density at radius 3 is 2.40 bits per heavy atom. The number of nitrogen functional groups attached to an aromatic ring is 1. The molecule has 2 aliphatic rings. The van der Waals surface area contributed by atoms with E-state index in [1.165, 1.54) is 5.56 Å². The lowest BCUT2D eigenvalue weighted by Crippen LogP contribution is -2.47. The summed E-state index contributed by atoms with van der Waals surface area (Å²) in [6.07, 6.45) is 7.19. The Hall–Kier alpha value is -4.56. The zero-order valence-electron chi connectivity index (χ0n) is 23.4. The van der Waals surface area contributed by atoms with E-state index in [0.29, 0.717) is 17.7 Å². The van der Waals surface area contributed by atoms with Gasteiger partial charge in [-0.1, -0.05) is 24.3 Å². The zero-order chi connectivity index (χ0) is 28.6. The SMILES string of the molecule is Nc1ncccc1-c1nc2ccc(-c3ccccn3)cc2n1-c1ccc(C2CN(C[C@H]3CC[C@H](C(=O)O)CC3)C2)cc1. The monoisotopic (exact) mass is 558 g/mol. The van der Waals surface area contributed by atoms with Crippen LogP contribution >= 0.6 is 0 Å². The van der Waals surface area contributed by atoms with Crippen molar-refractivity contribution in [1.82, 2.24) is 24.4 Å². The number of carbonyl (C=O) groups is 1. The van der Waals surface area contributed by atoms with Crippen LogP contribution in [-0.4, -0.2) is 55.1 Å². The van der Waals surface area contributed by atoms with E-state index < -0.39 is 5.97 Å². The molecule has 42 heavy (non-hydrogen) atoms. The molecule has 0 radical (unpaired) electrons. The van der Waals surface area contributed by atoms with Crippen LogP contribution in [0.2, 0.25) is 0 Å². The van der Waals surface area contributed by atoms with E-state index in [2.05, 4.69) is 55.8 Å². The Labute approximate surface area is 244 Å². The number of benzene rings is 2. The van der Waals surface area contributed by atoms with Gasteiger partial charge in [0, 0.05) is 49.2 Å². The molecule has 8 nitrogen and oxygen atoms in total. The standard InChI is InChI=1S/C34H34N6O2/c35-32-28(4-3-17-37-32)33-38-30-15-12-25(29-5-1-2-16-36-29)18-31(30)40(33)27-13-10-23(11-14-27)26-20-39(21-26)19-22-6-8-24(9-7-22)34(41)42/h1-5,10-18,22,24,26H,6-9,19-21H2,(H2,35,37)(H,41,42)/t22-,24-. The van der Waals surface area contributed by atoms with Crippen LogP contribution in [-0.2, 0) is 4.79 Å². The molecule has 5 aromatic rings. The molecule has 0 bridgehead atoms. The number of aromatic nitrogens is 4. The minimum Gasteiger partial charge on any atom is -0.481 e. The molecule has 0 spiro atoms. The van der Waals surface area contributed by atoms with Crippen LogP contribution in [0.25, 0.3) is 39.4 Å². The van der Waals surface area contributed by atoms with E-state index in [0.717, 1.165) is 84.7 Å². The van der Waals surface area contributed by atoms with Gasteiger partial charge in [-0.15, -0.1) is 0 Å². The first-order valence-electron chi connectivity index (χ1n) is 14.7. The molecule has 1 aliphatic heterocycles. The Bertz CT molecular complexity index is 1720. The lowest BCUT2D eigenvalue weighted by molar-refractivity contribution is -0.143. The van der Waals surface area contributed by atoms with Crippen molar-refractivity contribution in [3.63, 3.8) is 0 Å². The summed E-state index contributed by atoms with van der Waals surface area (Å²) in [5.41, 5.74) is 13.3. The van der Waals surface area contributed by atoms with Gasteiger partial charge in [-0.3, -0.25) is 14.3 Å². The zero-order valence-corrected chi connectivity index (χ0v) is 23.4.